The molecule has 0 saturated carbocycles. The fraction of sp³-hybridized carbons (Fsp3) is 0.474. The molecule has 79 heavy (non-hydrogen) atoms. The molecule has 4 aromatic rings. The third-order valence-corrected chi connectivity index (χ3v) is 14.4. The number of carbonyl (C=O) groups excluding carboxylic acids is 4. The number of aliphatic carboxylic acids is 4. The summed E-state index contributed by atoms with van der Waals surface area (Å²) in [7, 11) is 17.6. The molecule has 4 atom stereocenters. The van der Waals surface area contributed by atoms with E-state index in [2.05, 4.69) is 50.5 Å². The van der Waals surface area contributed by atoms with Crippen LogP contribution in [-0.4, -0.2) is 165 Å². The van der Waals surface area contributed by atoms with Gasteiger partial charge < -0.3 is 86.3 Å². The Balaban J connectivity index is 0.00000101. The smallest absolute Gasteiger partial charge is 0.351 e. The highest BCUT2D eigenvalue weighted by molar-refractivity contribution is 6.26. The molecule has 2 aliphatic heterocycles. The lowest BCUT2D eigenvalue weighted by atomic mass is 9.86. The van der Waals surface area contributed by atoms with E-state index in [1.54, 1.807) is 56.9 Å². The van der Waals surface area contributed by atoms with Crippen molar-refractivity contribution >= 4 is 35.8 Å². The number of unbranched alkanes of at least 4 members (excludes halogenated alkanes) is 2. The number of rotatable bonds is 24. The number of quaternary nitrogens is 2. The third kappa shape index (κ3) is 17.5. The summed E-state index contributed by atoms with van der Waals surface area (Å²) in [5.41, 5.74) is 7.00. The average molecular weight is 1110 g/mol. The fourth-order valence-electron chi connectivity index (χ4n) is 9.91. The van der Waals surface area contributed by atoms with E-state index in [4.69, 9.17) is 87.0 Å². The van der Waals surface area contributed by atoms with Gasteiger partial charge in [-0.2, -0.15) is 0 Å². The molecule has 2 heterocycles. The number of carboxylic acids is 4. The second-order valence-corrected chi connectivity index (χ2v) is 19.2. The number of methoxy groups -OCH3 is 8. The van der Waals surface area contributed by atoms with Gasteiger partial charge in [0.05, 0.1) is 123 Å². The van der Waals surface area contributed by atoms with E-state index in [0.717, 1.165) is 56.3 Å². The molecule has 0 fully saturated rings. The van der Waals surface area contributed by atoms with Crippen LogP contribution < -0.4 is 48.1 Å². The van der Waals surface area contributed by atoms with Gasteiger partial charge in [0.2, 0.25) is 0 Å². The van der Waals surface area contributed by atoms with Crippen LogP contribution in [0.15, 0.2) is 60.7 Å². The summed E-state index contributed by atoms with van der Waals surface area (Å²) < 4.78 is 57.8. The van der Waals surface area contributed by atoms with Crippen molar-refractivity contribution in [2.45, 2.75) is 69.9 Å². The maximum Gasteiger partial charge on any atom is 0.351 e. The Morgan fingerprint density at radius 1 is 0.468 bits per heavy atom. The molecule has 0 saturated heterocycles. The number of esters is 2. The minimum Gasteiger partial charge on any atom is -0.539 e. The van der Waals surface area contributed by atoms with Crippen LogP contribution >= 0.6 is 0 Å². The Kier molecular flexibility index (Phi) is 24.3. The van der Waals surface area contributed by atoms with Crippen LogP contribution in [0.25, 0.3) is 0 Å². The number of benzene rings is 4. The first-order chi connectivity index (χ1) is 37.6. The summed E-state index contributed by atoms with van der Waals surface area (Å²) in [6.45, 7) is 3.57. The molecule has 0 bridgehead atoms. The Hall–Kier alpha value is -7.98. The lowest BCUT2D eigenvalue weighted by molar-refractivity contribution is -0.940. The first-order valence-electron chi connectivity index (χ1n) is 25.4. The van der Waals surface area contributed by atoms with Gasteiger partial charge in [0.25, 0.3) is 0 Å². The summed E-state index contributed by atoms with van der Waals surface area (Å²) in [6.07, 6.45) is 5.85. The summed E-state index contributed by atoms with van der Waals surface area (Å²) in [4.78, 5) is 62.5. The van der Waals surface area contributed by atoms with Gasteiger partial charge in [0.1, 0.15) is 12.1 Å². The summed E-state index contributed by atoms with van der Waals surface area (Å²) in [6, 6.07) is 20.5. The van der Waals surface area contributed by atoms with Gasteiger partial charge in [-0.3, -0.25) is 9.59 Å². The SMILES string of the molecule is COc1ccc(C[C@@H]2c3cc(OC)c(OC)cc3CC[N@+]2(C)CCC(=O)OCCCCCOC(=O)CC[N@@+]2(C)CCc3cc(OC)c(OC)cc3[C@H]2Cc2ccc(OC)c(OC)c2)cc1OC.O=C([O-])C(=O)O.O=C([O-])C(=O)O. The lowest BCUT2D eigenvalue weighted by Gasteiger charge is -2.46. The van der Waals surface area contributed by atoms with Crippen molar-refractivity contribution in [2.75, 3.05) is 110 Å². The predicted octanol–water partition coefficient (Wildman–Crippen LogP) is 3.71. The molecule has 0 aromatic heterocycles. The van der Waals surface area contributed by atoms with Gasteiger partial charge in [-0.05, 0) is 90.0 Å². The van der Waals surface area contributed by atoms with Crippen molar-refractivity contribution < 1.29 is 106 Å². The topological polar surface area (TPSA) is 281 Å². The van der Waals surface area contributed by atoms with E-state index < -0.39 is 23.9 Å². The van der Waals surface area contributed by atoms with Gasteiger partial charge >= 0.3 is 23.9 Å². The van der Waals surface area contributed by atoms with Gasteiger partial charge in [0.15, 0.2) is 57.9 Å². The number of hydrogen-bond acceptors (Lipinski definition) is 18. The zero-order valence-electron chi connectivity index (χ0n) is 46.7. The van der Waals surface area contributed by atoms with E-state index >= 15 is 0 Å². The Morgan fingerprint density at radius 2 is 0.772 bits per heavy atom. The van der Waals surface area contributed by atoms with Crippen LogP contribution in [-0.2, 0) is 63.9 Å². The summed E-state index contributed by atoms with van der Waals surface area (Å²) in [5, 5.41) is 32.6. The predicted molar refractivity (Wildman–Crippen MR) is 281 cm³/mol. The Bertz CT molecular complexity index is 2540. The number of carboxylic acid groups (broad SMARTS) is 4. The maximum absolute atomic E-state index is 13.2. The van der Waals surface area contributed by atoms with E-state index in [0.29, 0.717) is 107 Å². The number of ether oxygens (including phenoxy) is 10. The van der Waals surface area contributed by atoms with E-state index in [-0.39, 0.29) is 24.0 Å². The molecule has 0 spiro atoms. The molecule has 0 aliphatic carbocycles. The van der Waals surface area contributed by atoms with Gasteiger partial charge in [-0.25, -0.2) is 9.59 Å². The van der Waals surface area contributed by atoms with E-state index in [1.165, 1.54) is 22.3 Å². The molecular formula is C57H74N2O20. The average Bonchev–Trinajstić information content (AvgIpc) is 3.60. The third-order valence-electron chi connectivity index (χ3n) is 14.4. The largest absolute Gasteiger partial charge is 0.539 e. The van der Waals surface area contributed by atoms with Crippen molar-refractivity contribution in [3.8, 4) is 46.0 Å². The van der Waals surface area contributed by atoms with Crippen LogP contribution in [0.3, 0.4) is 0 Å². The Labute approximate surface area is 460 Å². The molecule has 22 nitrogen and oxygen atoms in total. The lowest BCUT2D eigenvalue weighted by Crippen LogP contribution is -2.53. The number of nitrogens with zero attached hydrogens (tertiary/aromatic N) is 2. The van der Waals surface area contributed by atoms with Crippen molar-refractivity contribution in [3.05, 3.63) is 94.0 Å². The molecule has 0 unspecified atom stereocenters. The summed E-state index contributed by atoms with van der Waals surface area (Å²) >= 11 is 0. The number of carbonyl (C=O) groups is 6. The Morgan fingerprint density at radius 3 is 1.08 bits per heavy atom. The minimum absolute atomic E-state index is 0.0393. The molecule has 0 amide bonds. The fourth-order valence-corrected chi connectivity index (χ4v) is 9.91. The molecule has 22 heteroatoms. The zero-order chi connectivity index (χ0) is 58.5. The first-order valence-corrected chi connectivity index (χ1v) is 25.4. The van der Waals surface area contributed by atoms with Crippen molar-refractivity contribution in [1.29, 1.82) is 0 Å². The molecule has 2 aliphatic rings. The van der Waals surface area contributed by atoms with Crippen molar-refractivity contribution in [2.24, 2.45) is 0 Å². The van der Waals surface area contributed by atoms with Crippen LogP contribution in [0, 0.1) is 0 Å². The minimum atomic E-state index is -2.07. The zero-order valence-corrected chi connectivity index (χ0v) is 46.7. The quantitative estimate of drug-likeness (QED) is 0.0438. The normalized spacial score (nSPS) is 17.7. The van der Waals surface area contributed by atoms with Gasteiger partial charge in [-0.1, -0.05) is 12.1 Å². The highest BCUT2D eigenvalue weighted by atomic mass is 16.5. The number of likely N-dealkylation sites (N-methyl/N-ethyl adjacent to an activating group) is 2. The van der Waals surface area contributed by atoms with Gasteiger partial charge in [0, 0.05) is 36.8 Å². The maximum atomic E-state index is 13.2. The van der Waals surface area contributed by atoms with E-state index in [1.807, 2.05) is 24.3 Å². The molecule has 6 rings (SSSR count). The highest BCUT2D eigenvalue weighted by Gasteiger charge is 2.42. The van der Waals surface area contributed by atoms with Crippen LogP contribution in [0.2, 0.25) is 0 Å². The molecular weight excluding hydrogens is 1030 g/mol. The second kappa shape index (κ2) is 30.2. The second-order valence-electron chi connectivity index (χ2n) is 19.2. The van der Waals surface area contributed by atoms with Gasteiger partial charge in [-0.15, -0.1) is 0 Å². The number of hydrogen-bond donors (Lipinski definition) is 2. The van der Waals surface area contributed by atoms with Crippen LogP contribution in [0.5, 0.6) is 46.0 Å². The molecule has 4 aromatic carbocycles. The standard InChI is InChI=1S/C53H72N2O12.2C2H2O4/c1-54(22-18-38-32-48(62-7)50(64-9)34-40(38)42(54)28-36-14-16-44(58-3)46(30-36)60-5)24-20-52(56)66-26-12-11-13-27-67-53(57)21-25-55(2)23-19-39-33-49(63-8)51(65-10)35-41(39)43(55)29-37-15-17-45(59-4)47(31-37)61-6;2*3-1(4)2(5)6/h14-17,30-35,42-43H,11-13,18-29H2,1-10H3;2*(H,3,4)(H,5,6)/q+2;;/p-2/t42-,43-,54-,55-;;/m1../s1. The van der Waals surface area contributed by atoms with Crippen molar-refractivity contribution in [3.63, 3.8) is 0 Å². The highest BCUT2D eigenvalue weighted by Crippen LogP contribution is 2.45. The molecule has 0 radical (unpaired) electrons. The van der Waals surface area contributed by atoms with Crippen LogP contribution in [0.1, 0.15) is 77.6 Å². The monoisotopic (exact) mass is 1110 g/mol. The molecule has 432 valence electrons. The van der Waals surface area contributed by atoms with Crippen molar-refractivity contribution in [1.82, 2.24) is 0 Å². The van der Waals surface area contributed by atoms with E-state index in [9.17, 15) is 9.59 Å². The molecule has 2 N–H and O–H groups in total. The first kappa shape index (κ1) is 63.6. The summed E-state index contributed by atoms with van der Waals surface area (Å²) in [5.74, 6) is -2.96. The number of fused-ring (bicyclic) bond motifs is 2. The van der Waals surface area contributed by atoms with Crippen LogP contribution in [0.4, 0.5) is 0 Å².